The van der Waals surface area contributed by atoms with E-state index in [0.717, 1.165) is 5.56 Å². The Morgan fingerprint density at radius 2 is 1.52 bits per heavy atom. The highest BCUT2D eigenvalue weighted by Gasteiger charge is 2.19. The van der Waals surface area contributed by atoms with Crippen LogP contribution in [0, 0.1) is 0 Å². The number of amides is 2. The molecule has 1 atom stereocenters. The van der Waals surface area contributed by atoms with Gasteiger partial charge in [-0.2, -0.15) is 0 Å². The van der Waals surface area contributed by atoms with E-state index in [1.54, 1.807) is 54.6 Å². The number of carbonyl (C=O) groups is 2. The minimum absolute atomic E-state index is 0.0356. The normalized spacial score (nSPS) is 12.1. The Morgan fingerprint density at radius 3 is 2.16 bits per heavy atom. The Labute approximate surface area is 186 Å². The van der Waals surface area contributed by atoms with Gasteiger partial charge < -0.3 is 15.7 Å². The van der Waals surface area contributed by atoms with Crippen molar-refractivity contribution in [3.8, 4) is 0 Å². The predicted octanol–water partition coefficient (Wildman–Crippen LogP) is 3.83. The van der Waals surface area contributed by atoms with Crippen LogP contribution in [0.4, 0.5) is 0 Å². The van der Waals surface area contributed by atoms with Crippen LogP contribution in [-0.2, 0) is 11.2 Å². The molecule has 0 aromatic heterocycles. The number of rotatable bonds is 8. The van der Waals surface area contributed by atoms with Gasteiger partial charge >= 0.3 is 0 Å². The molecular weight excluding hydrogens is 412 g/mol. The van der Waals surface area contributed by atoms with Gasteiger partial charge in [-0.05, 0) is 41.8 Å². The van der Waals surface area contributed by atoms with E-state index in [1.807, 2.05) is 30.3 Å². The Bertz CT molecular complexity index is 1050. The Balaban J connectivity index is 1.83. The molecule has 0 radical (unpaired) electrons. The monoisotopic (exact) mass is 434 g/mol. The highest BCUT2D eigenvalue weighted by atomic mass is 35.5. The molecule has 3 aromatic rings. The van der Waals surface area contributed by atoms with Crippen LogP contribution in [0.1, 0.15) is 21.5 Å². The van der Waals surface area contributed by atoms with E-state index in [9.17, 15) is 14.7 Å². The zero-order valence-electron chi connectivity index (χ0n) is 16.8. The molecule has 0 aliphatic heterocycles. The summed E-state index contributed by atoms with van der Waals surface area (Å²) in [6, 6.07) is 24.7. The summed E-state index contributed by atoms with van der Waals surface area (Å²) in [5.74, 6) is -0.933. The van der Waals surface area contributed by atoms with Crippen molar-refractivity contribution in [2.45, 2.75) is 12.5 Å². The molecule has 6 heteroatoms. The first kappa shape index (κ1) is 22.3. The first-order valence-corrected chi connectivity index (χ1v) is 10.2. The number of hydrogen-bond donors (Lipinski definition) is 3. The van der Waals surface area contributed by atoms with Crippen LogP contribution in [-0.4, -0.2) is 29.6 Å². The molecule has 3 rings (SSSR count). The maximum atomic E-state index is 13.0. The van der Waals surface area contributed by atoms with Gasteiger partial charge in [0.15, 0.2) is 0 Å². The molecule has 0 saturated carbocycles. The van der Waals surface area contributed by atoms with Crippen LogP contribution < -0.4 is 10.6 Å². The van der Waals surface area contributed by atoms with Crippen LogP contribution in [0.2, 0.25) is 5.02 Å². The van der Waals surface area contributed by atoms with Gasteiger partial charge in [-0.3, -0.25) is 9.59 Å². The summed E-state index contributed by atoms with van der Waals surface area (Å²) in [7, 11) is 0. The van der Waals surface area contributed by atoms with E-state index in [-0.39, 0.29) is 12.3 Å². The second kappa shape index (κ2) is 11.1. The van der Waals surface area contributed by atoms with E-state index >= 15 is 0 Å². The molecule has 0 spiro atoms. The number of hydrogen-bond acceptors (Lipinski definition) is 3. The smallest absolute Gasteiger partial charge is 0.268 e. The third kappa shape index (κ3) is 6.54. The minimum atomic E-state index is -0.516. The van der Waals surface area contributed by atoms with Gasteiger partial charge in [0.05, 0.1) is 12.6 Å². The summed E-state index contributed by atoms with van der Waals surface area (Å²) in [5.41, 5.74) is 2.02. The fourth-order valence-electron chi connectivity index (χ4n) is 3.01. The second-order valence-electron chi connectivity index (χ2n) is 6.94. The molecule has 0 bridgehead atoms. The van der Waals surface area contributed by atoms with Crippen molar-refractivity contribution in [2.24, 2.45) is 0 Å². The molecule has 0 unspecified atom stereocenters. The zero-order valence-corrected chi connectivity index (χ0v) is 17.5. The molecule has 0 saturated heterocycles. The van der Waals surface area contributed by atoms with Gasteiger partial charge in [-0.1, -0.05) is 78.3 Å². The molecule has 0 aliphatic carbocycles. The van der Waals surface area contributed by atoms with Crippen molar-refractivity contribution < 1.29 is 14.7 Å². The van der Waals surface area contributed by atoms with Crippen molar-refractivity contribution in [1.82, 2.24) is 10.6 Å². The first-order chi connectivity index (χ1) is 15.1. The van der Waals surface area contributed by atoms with Gasteiger partial charge in [0.2, 0.25) is 0 Å². The highest BCUT2D eigenvalue weighted by molar-refractivity contribution is 6.32. The first-order valence-electron chi connectivity index (χ1n) is 9.85. The molecule has 0 aliphatic rings. The van der Waals surface area contributed by atoms with Crippen LogP contribution in [0.25, 0.3) is 6.08 Å². The highest BCUT2D eigenvalue weighted by Crippen LogP contribution is 2.18. The number of carbonyl (C=O) groups excluding carboxylic acids is 2. The molecule has 3 N–H and O–H groups in total. The largest absolute Gasteiger partial charge is 0.394 e. The van der Waals surface area contributed by atoms with Crippen LogP contribution in [0.5, 0.6) is 0 Å². The molecule has 31 heavy (non-hydrogen) atoms. The fraction of sp³-hybridized carbons (Fsp3) is 0.120. The van der Waals surface area contributed by atoms with Gasteiger partial charge in [-0.25, -0.2) is 0 Å². The summed E-state index contributed by atoms with van der Waals surface area (Å²) in [5, 5.41) is 15.7. The lowest BCUT2D eigenvalue weighted by molar-refractivity contribution is -0.118. The second-order valence-corrected chi connectivity index (χ2v) is 7.35. The summed E-state index contributed by atoms with van der Waals surface area (Å²) >= 11 is 6.24. The van der Waals surface area contributed by atoms with Gasteiger partial charge in [0.25, 0.3) is 11.8 Å². The van der Waals surface area contributed by atoms with E-state index in [0.29, 0.717) is 22.6 Å². The van der Waals surface area contributed by atoms with Crippen molar-refractivity contribution in [1.29, 1.82) is 0 Å². The standard InChI is InChI=1S/C25H23ClN2O3/c26-22-14-8-7-13-20(22)16-23(28-24(30)19-11-5-2-6-12-19)25(31)27-21(17-29)15-18-9-3-1-4-10-18/h1-14,16,21,29H,15,17H2,(H,27,31)(H,28,30)/b23-16+/t21-/m0/s1. The Kier molecular flexibility index (Phi) is 7.98. The fourth-order valence-corrected chi connectivity index (χ4v) is 3.20. The predicted molar refractivity (Wildman–Crippen MR) is 122 cm³/mol. The van der Waals surface area contributed by atoms with Crippen LogP contribution in [0.15, 0.2) is 90.6 Å². The summed E-state index contributed by atoms with van der Waals surface area (Å²) in [6.45, 7) is -0.243. The number of nitrogens with one attached hydrogen (secondary N) is 2. The molecule has 0 fully saturated rings. The number of benzene rings is 3. The van der Waals surface area contributed by atoms with E-state index in [1.165, 1.54) is 6.08 Å². The number of aliphatic hydroxyl groups is 1. The lowest BCUT2D eigenvalue weighted by Crippen LogP contribution is -2.43. The molecule has 2 amide bonds. The summed E-state index contributed by atoms with van der Waals surface area (Å²) < 4.78 is 0. The maximum Gasteiger partial charge on any atom is 0.268 e. The van der Waals surface area contributed by atoms with E-state index in [4.69, 9.17) is 11.6 Å². The lowest BCUT2D eigenvalue weighted by Gasteiger charge is -2.18. The quantitative estimate of drug-likeness (QED) is 0.471. The summed E-state index contributed by atoms with van der Waals surface area (Å²) in [4.78, 5) is 25.7. The SMILES string of the molecule is O=C(N[C@H](CO)Cc1ccccc1)/C(=C\c1ccccc1Cl)NC(=O)c1ccccc1. The molecule has 158 valence electrons. The number of aliphatic hydroxyl groups excluding tert-OH is 1. The van der Waals surface area contributed by atoms with E-state index in [2.05, 4.69) is 10.6 Å². The third-order valence-corrected chi connectivity index (χ3v) is 4.96. The summed E-state index contributed by atoms with van der Waals surface area (Å²) in [6.07, 6.45) is 1.98. The zero-order chi connectivity index (χ0) is 22.1. The van der Waals surface area contributed by atoms with Gasteiger partial charge in [0.1, 0.15) is 5.70 Å². The van der Waals surface area contributed by atoms with Crippen molar-refractivity contribution >= 4 is 29.5 Å². The minimum Gasteiger partial charge on any atom is -0.394 e. The third-order valence-electron chi connectivity index (χ3n) is 4.61. The Morgan fingerprint density at radius 1 is 0.903 bits per heavy atom. The molecular formula is C25H23ClN2O3. The topological polar surface area (TPSA) is 78.4 Å². The Hall–Kier alpha value is -3.41. The van der Waals surface area contributed by atoms with Gasteiger partial charge in [-0.15, -0.1) is 0 Å². The van der Waals surface area contributed by atoms with E-state index < -0.39 is 17.9 Å². The van der Waals surface area contributed by atoms with Gasteiger partial charge in [0, 0.05) is 10.6 Å². The molecule has 0 heterocycles. The lowest BCUT2D eigenvalue weighted by atomic mass is 10.1. The van der Waals surface area contributed by atoms with Crippen molar-refractivity contribution in [3.05, 3.63) is 112 Å². The molecule has 3 aromatic carbocycles. The van der Waals surface area contributed by atoms with Crippen molar-refractivity contribution in [3.63, 3.8) is 0 Å². The van der Waals surface area contributed by atoms with Crippen LogP contribution >= 0.6 is 11.6 Å². The number of halogens is 1. The average molecular weight is 435 g/mol. The molecule has 5 nitrogen and oxygen atoms in total. The van der Waals surface area contributed by atoms with Crippen LogP contribution in [0.3, 0.4) is 0 Å². The van der Waals surface area contributed by atoms with Crippen molar-refractivity contribution in [2.75, 3.05) is 6.61 Å². The average Bonchev–Trinajstić information content (AvgIpc) is 2.80. The maximum absolute atomic E-state index is 13.0.